The van der Waals surface area contributed by atoms with Gasteiger partial charge in [0.15, 0.2) is 6.61 Å². The molecule has 2 N–H and O–H groups in total. The van der Waals surface area contributed by atoms with Gasteiger partial charge < -0.3 is 10.1 Å². The minimum Gasteiger partial charge on any atom is -0.451 e. The first-order valence-corrected chi connectivity index (χ1v) is 9.10. The number of benzene rings is 2. The highest BCUT2D eigenvalue weighted by Crippen LogP contribution is 2.24. The van der Waals surface area contributed by atoms with Crippen molar-refractivity contribution in [3.05, 3.63) is 66.4 Å². The molecular formula is C19H17N3O3S. The van der Waals surface area contributed by atoms with Crippen molar-refractivity contribution in [1.29, 1.82) is 0 Å². The van der Waals surface area contributed by atoms with Gasteiger partial charge in [0.2, 0.25) is 0 Å². The van der Waals surface area contributed by atoms with E-state index < -0.39 is 11.9 Å². The Morgan fingerprint density at radius 1 is 1.12 bits per heavy atom. The van der Waals surface area contributed by atoms with Gasteiger partial charge in [0.05, 0.1) is 11.4 Å². The van der Waals surface area contributed by atoms with Crippen molar-refractivity contribution >= 4 is 29.3 Å². The summed E-state index contributed by atoms with van der Waals surface area (Å²) in [7, 11) is 0. The first kappa shape index (κ1) is 17.8. The maximum Gasteiger partial charge on any atom is 0.356 e. The lowest BCUT2D eigenvalue weighted by Crippen LogP contribution is -2.21. The smallest absolute Gasteiger partial charge is 0.356 e. The maximum absolute atomic E-state index is 12.1. The second kappa shape index (κ2) is 8.35. The van der Waals surface area contributed by atoms with Gasteiger partial charge >= 0.3 is 5.97 Å². The number of esters is 1. The Morgan fingerprint density at radius 2 is 1.85 bits per heavy atom. The van der Waals surface area contributed by atoms with Crippen LogP contribution in [0.2, 0.25) is 0 Å². The van der Waals surface area contributed by atoms with Crippen molar-refractivity contribution < 1.29 is 14.3 Å². The predicted molar refractivity (Wildman–Crippen MR) is 101 cm³/mol. The number of thioether (sulfide) groups is 1. The summed E-state index contributed by atoms with van der Waals surface area (Å²) in [6.45, 7) is -0.374. The molecular weight excluding hydrogens is 350 g/mol. The highest BCUT2D eigenvalue weighted by atomic mass is 32.2. The fourth-order valence-electron chi connectivity index (χ4n) is 2.33. The standard InChI is InChI=1S/C19H17N3O3S/c1-26-17-10-6-5-9-14(17)20-18(23)12-25-19(24)16-11-15(21-22-16)13-7-3-2-4-8-13/h2-11H,12H2,1H3,(H,20,23)(H,21,22). The van der Waals surface area contributed by atoms with Crippen molar-refractivity contribution in [2.24, 2.45) is 0 Å². The lowest BCUT2D eigenvalue weighted by molar-refractivity contribution is -0.119. The topological polar surface area (TPSA) is 84.1 Å². The number of nitrogens with zero attached hydrogens (tertiary/aromatic N) is 1. The molecule has 0 saturated carbocycles. The number of anilines is 1. The molecule has 0 aliphatic carbocycles. The Balaban J connectivity index is 1.57. The molecule has 1 amide bonds. The van der Waals surface area contributed by atoms with Gasteiger partial charge in [-0.15, -0.1) is 11.8 Å². The quantitative estimate of drug-likeness (QED) is 0.514. The van der Waals surface area contributed by atoms with E-state index >= 15 is 0 Å². The summed E-state index contributed by atoms with van der Waals surface area (Å²) >= 11 is 1.52. The molecule has 0 saturated heterocycles. The Kier molecular flexibility index (Phi) is 5.70. The molecule has 2 aromatic carbocycles. The van der Waals surface area contributed by atoms with E-state index in [0.717, 1.165) is 10.5 Å². The highest BCUT2D eigenvalue weighted by Gasteiger charge is 2.14. The van der Waals surface area contributed by atoms with Gasteiger partial charge in [-0.1, -0.05) is 42.5 Å². The number of nitrogens with one attached hydrogen (secondary N) is 2. The van der Waals surface area contributed by atoms with Crippen LogP contribution >= 0.6 is 11.8 Å². The van der Waals surface area contributed by atoms with Crippen LogP contribution in [0.5, 0.6) is 0 Å². The Bertz CT molecular complexity index is 909. The van der Waals surface area contributed by atoms with Crippen LogP contribution in [0.4, 0.5) is 5.69 Å². The minimum atomic E-state index is -0.631. The molecule has 0 spiro atoms. The van der Waals surface area contributed by atoms with Crippen LogP contribution in [0, 0.1) is 0 Å². The number of H-pyrrole nitrogens is 1. The van der Waals surface area contributed by atoms with Crippen LogP contribution in [-0.2, 0) is 9.53 Å². The fourth-order valence-corrected chi connectivity index (χ4v) is 2.88. The average Bonchev–Trinajstić information content (AvgIpc) is 3.17. The van der Waals surface area contributed by atoms with E-state index in [0.29, 0.717) is 11.4 Å². The predicted octanol–water partition coefficient (Wildman–Crippen LogP) is 3.59. The third-order valence-corrected chi connectivity index (χ3v) is 4.38. The van der Waals surface area contributed by atoms with Gasteiger partial charge in [0.1, 0.15) is 5.69 Å². The molecule has 0 radical (unpaired) electrons. The zero-order chi connectivity index (χ0) is 18.4. The summed E-state index contributed by atoms with van der Waals surface area (Å²) in [6, 6.07) is 18.5. The van der Waals surface area contributed by atoms with Crippen LogP contribution in [0.15, 0.2) is 65.6 Å². The summed E-state index contributed by atoms with van der Waals surface area (Å²) < 4.78 is 5.06. The molecule has 0 fully saturated rings. The SMILES string of the molecule is CSc1ccccc1NC(=O)COC(=O)c1cc(-c2ccccc2)n[nH]1. The number of para-hydroxylation sites is 1. The molecule has 0 aliphatic heterocycles. The van der Waals surface area contributed by atoms with Crippen LogP contribution < -0.4 is 5.32 Å². The van der Waals surface area contributed by atoms with Crippen molar-refractivity contribution in [2.45, 2.75) is 4.90 Å². The third kappa shape index (κ3) is 4.31. The lowest BCUT2D eigenvalue weighted by atomic mass is 10.1. The second-order valence-electron chi connectivity index (χ2n) is 5.36. The normalized spacial score (nSPS) is 10.3. The van der Waals surface area contributed by atoms with Crippen molar-refractivity contribution in [3.8, 4) is 11.3 Å². The van der Waals surface area contributed by atoms with Gasteiger partial charge in [0, 0.05) is 10.5 Å². The summed E-state index contributed by atoms with van der Waals surface area (Å²) in [6.07, 6.45) is 1.92. The summed E-state index contributed by atoms with van der Waals surface area (Å²) in [4.78, 5) is 25.0. The van der Waals surface area contributed by atoms with Crippen LogP contribution in [0.3, 0.4) is 0 Å². The fraction of sp³-hybridized carbons (Fsp3) is 0.105. The molecule has 0 bridgehead atoms. The van der Waals surface area contributed by atoms with E-state index in [9.17, 15) is 9.59 Å². The first-order chi connectivity index (χ1) is 12.7. The van der Waals surface area contributed by atoms with Crippen LogP contribution in [-0.4, -0.2) is 34.9 Å². The maximum atomic E-state index is 12.1. The molecule has 0 atom stereocenters. The van der Waals surface area contributed by atoms with E-state index in [-0.39, 0.29) is 12.3 Å². The monoisotopic (exact) mass is 367 g/mol. The van der Waals surface area contributed by atoms with Crippen molar-refractivity contribution in [2.75, 3.05) is 18.2 Å². The van der Waals surface area contributed by atoms with Crippen LogP contribution in [0.25, 0.3) is 11.3 Å². The van der Waals surface area contributed by atoms with E-state index in [1.165, 1.54) is 11.8 Å². The number of amides is 1. The number of hydrogen-bond acceptors (Lipinski definition) is 5. The van der Waals surface area contributed by atoms with Gasteiger partial charge in [-0.3, -0.25) is 9.89 Å². The molecule has 1 heterocycles. The summed E-state index contributed by atoms with van der Waals surface area (Å²) in [5.41, 5.74) is 2.40. The number of carbonyl (C=O) groups is 2. The lowest BCUT2D eigenvalue weighted by Gasteiger charge is -2.09. The van der Waals surface area contributed by atoms with Crippen LogP contribution in [0.1, 0.15) is 10.5 Å². The molecule has 3 aromatic rings. The largest absolute Gasteiger partial charge is 0.451 e. The molecule has 7 heteroatoms. The Morgan fingerprint density at radius 3 is 2.62 bits per heavy atom. The number of aromatic nitrogens is 2. The molecule has 0 aliphatic rings. The number of ether oxygens (including phenoxy) is 1. The summed E-state index contributed by atoms with van der Waals surface area (Å²) in [5.74, 6) is -1.03. The molecule has 26 heavy (non-hydrogen) atoms. The first-order valence-electron chi connectivity index (χ1n) is 7.88. The van der Waals surface area contributed by atoms with E-state index in [1.807, 2.05) is 54.8 Å². The Labute approximate surface area is 155 Å². The van der Waals surface area contributed by atoms with Gasteiger partial charge in [-0.2, -0.15) is 5.10 Å². The van der Waals surface area contributed by atoms with Crippen molar-refractivity contribution in [3.63, 3.8) is 0 Å². The zero-order valence-corrected chi connectivity index (χ0v) is 14.9. The number of hydrogen-bond donors (Lipinski definition) is 2. The zero-order valence-electron chi connectivity index (χ0n) is 14.1. The molecule has 1 aromatic heterocycles. The van der Waals surface area contributed by atoms with E-state index in [2.05, 4.69) is 15.5 Å². The second-order valence-corrected chi connectivity index (χ2v) is 6.21. The number of rotatable bonds is 6. The number of aromatic amines is 1. The average molecular weight is 367 g/mol. The van der Waals surface area contributed by atoms with Crippen molar-refractivity contribution in [1.82, 2.24) is 10.2 Å². The van der Waals surface area contributed by atoms with Gasteiger partial charge in [-0.25, -0.2) is 4.79 Å². The van der Waals surface area contributed by atoms with E-state index in [1.54, 1.807) is 12.1 Å². The highest BCUT2D eigenvalue weighted by molar-refractivity contribution is 7.98. The summed E-state index contributed by atoms with van der Waals surface area (Å²) in [5, 5.41) is 9.47. The molecule has 132 valence electrons. The minimum absolute atomic E-state index is 0.196. The Hall–Kier alpha value is -3.06. The molecule has 3 rings (SSSR count). The molecule has 0 unspecified atom stereocenters. The molecule has 6 nitrogen and oxygen atoms in total. The van der Waals surface area contributed by atoms with Gasteiger partial charge in [0.25, 0.3) is 5.91 Å². The number of carbonyl (C=O) groups excluding carboxylic acids is 2. The third-order valence-electron chi connectivity index (χ3n) is 3.58. The van der Waals surface area contributed by atoms with E-state index in [4.69, 9.17) is 4.74 Å². The van der Waals surface area contributed by atoms with Gasteiger partial charge in [-0.05, 0) is 24.5 Å².